The van der Waals surface area contributed by atoms with Crippen molar-refractivity contribution < 1.29 is 32.2 Å². The van der Waals surface area contributed by atoms with Gasteiger partial charge in [-0.15, -0.1) is 0 Å². The molecule has 0 unspecified atom stereocenters. The molecule has 51 heavy (non-hydrogen) atoms. The number of amidine groups is 1. The average molecular weight is 706 g/mol. The summed E-state index contributed by atoms with van der Waals surface area (Å²) in [4.78, 5) is 21.8. The molecule has 5 aromatic carbocycles. The van der Waals surface area contributed by atoms with Crippen LogP contribution in [0, 0.1) is 0 Å². The van der Waals surface area contributed by atoms with E-state index in [-0.39, 0.29) is 17.3 Å². The molecule has 0 spiro atoms. The molecule has 0 radical (unpaired) electrons. The summed E-state index contributed by atoms with van der Waals surface area (Å²) in [5, 5.41) is 0. The average Bonchev–Trinajstić information content (AvgIpc) is 3.51. The minimum atomic E-state index is -4.05. The van der Waals surface area contributed by atoms with E-state index in [1.165, 1.54) is 26.4 Å². The number of rotatable bonds is 13. The number of carbonyl (C=O) groups excluding carboxylic acids is 1. The van der Waals surface area contributed by atoms with Crippen LogP contribution in [0.25, 0.3) is 0 Å². The predicted octanol–water partition coefficient (Wildman–Crippen LogP) is 6.98. The van der Waals surface area contributed by atoms with Gasteiger partial charge in [-0.25, -0.2) is 18.2 Å². The van der Waals surface area contributed by atoms with E-state index in [0.29, 0.717) is 35.1 Å². The van der Waals surface area contributed by atoms with E-state index in [1.54, 1.807) is 32.2 Å². The van der Waals surface area contributed by atoms with Gasteiger partial charge in [0.05, 0.1) is 34.0 Å². The zero-order chi connectivity index (χ0) is 36.0. The Hall–Kier alpha value is -5.81. The minimum absolute atomic E-state index is 0.0392. The Labute approximate surface area is 298 Å². The highest BCUT2D eigenvalue weighted by molar-refractivity contribution is 7.92. The summed E-state index contributed by atoms with van der Waals surface area (Å²) < 4.78 is 51.6. The maximum absolute atomic E-state index is 14.5. The summed E-state index contributed by atoms with van der Waals surface area (Å²) in [6.45, 7) is 2.34. The van der Waals surface area contributed by atoms with Crippen molar-refractivity contribution in [3.63, 3.8) is 0 Å². The van der Waals surface area contributed by atoms with Crippen LogP contribution in [0.15, 0.2) is 137 Å². The van der Waals surface area contributed by atoms with Gasteiger partial charge in [0.2, 0.25) is 5.54 Å². The fourth-order valence-corrected chi connectivity index (χ4v) is 7.56. The minimum Gasteiger partial charge on any atom is -0.497 e. The molecular formula is C40H39N3O7S. The fraction of sp³-hybridized carbons (Fsp3) is 0.200. The molecule has 2 atom stereocenters. The van der Waals surface area contributed by atoms with E-state index in [1.807, 2.05) is 97.1 Å². The highest BCUT2D eigenvalue weighted by Crippen LogP contribution is 2.50. The highest BCUT2D eigenvalue weighted by Gasteiger charge is 2.57. The molecule has 0 amide bonds. The second-order valence-electron chi connectivity index (χ2n) is 11.8. The maximum atomic E-state index is 14.5. The molecule has 0 aromatic heterocycles. The number of nitrogens with one attached hydrogen (secondary N) is 1. The third kappa shape index (κ3) is 6.98. The second kappa shape index (κ2) is 15.0. The molecule has 1 aliphatic rings. The van der Waals surface area contributed by atoms with Crippen molar-refractivity contribution in [2.45, 2.75) is 29.9 Å². The highest BCUT2D eigenvalue weighted by atomic mass is 32.2. The zero-order valence-electron chi connectivity index (χ0n) is 28.8. The summed E-state index contributed by atoms with van der Waals surface area (Å²) in [6.07, 6.45) is 0. The molecule has 0 bridgehead atoms. The van der Waals surface area contributed by atoms with E-state index in [2.05, 4.69) is 9.62 Å². The Morgan fingerprint density at radius 2 is 1.41 bits per heavy atom. The van der Waals surface area contributed by atoms with E-state index in [4.69, 9.17) is 23.9 Å². The number of nitrogens with zero attached hydrogens (tertiary/aromatic N) is 2. The summed E-state index contributed by atoms with van der Waals surface area (Å²) in [5.74, 6) is 1.39. The molecule has 1 heterocycles. The van der Waals surface area contributed by atoms with Crippen molar-refractivity contribution in [3.8, 4) is 17.2 Å². The molecule has 0 saturated heterocycles. The largest absolute Gasteiger partial charge is 0.497 e. The molecule has 11 heteroatoms. The number of hydrogen-bond acceptors (Lipinski definition) is 9. The summed E-state index contributed by atoms with van der Waals surface area (Å²) in [5.41, 5.74) is 1.98. The Balaban J connectivity index is 1.49. The van der Waals surface area contributed by atoms with Crippen LogP contribution < -0.4 is 18.9 Å². The van der Waals surface area contributed by atoms with Crippen molar-refractivity contribution >= 4 is 27.5 Å². The first-order valence-corrected chi connectivity index (χ1v) is 17.8. The summed E-state index contributed by atoms with van der Waals surface area (Å²) in [6, 6.07) is 37.7. The van der Waals surface area contributed by atoms with Crippen LogP contribution in [0.3, 0.4) is 0 Å². The van der Waals surface area contributed by atoms with Crippen molar-refractivity contribution in [1.82, 2.24) is 4.90 Å². The van der Waals surface area contributed by atoms with Crippen molar-refractivity contribution in [3.05, 3.63) is 150 Å². The molecule has 1 N–H and O–H groups in total. The van der Waals surface area contributed by atoms with Gasteiger partial charge in [-0.05, 0) is 72.1 Å². The molecule has 1 aliphatic heterocycles. The van der Waals surface area contributed by atoms with Gasteiger partial charge in [0.15, 0.2) is 0 Å². The standard InChI is InChI=1S/C40H39N3O7S/c1-5-50-39(44)40(31-14-10-7-11-15-31)37(43(27-28-12-8-6-9-13-28)38(41-40)30-18-22-33(47-2)23-19-30)29-16-20-32(21-17-29)42-51(45,46)36-25-24-34(48-3)26-35(36)49-4/h6-26,37,42H,5,27H2,1-4H3/t37-,40-/m1/s1. The summed E-state index contributed by atoms with van der Waals surface area (Å²) in [7, 11) is 0.452. The van der Waals surface area contributed by atoms with Gasteiger partial charge in [0.1, 0.15) is 28.0 Å². The quantitative estimate of drug-likeness (QED) is 0.131. The van der Waals surface area contributed by atoms with Crippen molar-refractivity contribution in [2.75, 3.05) is 32.7 Å². The van der Waals surface area contributed by atoms with Crippen LogP contribution in [0.4, 0.5) is 5.69 Å². The molecule has 6 rings (SSSR count). The first kappa shape index (κ1) is 35.0. The number of sulfonamides is 1. The van der Waals surface area contributed by atoms with Crippen molar-refractivity contribution in [1.29, 1.82) is 0 Å². The summed E-state index contributed by atoms with van der Waals surface area (Å²) >= 11 is 0. The normalized spacial score (nSPS) is 17.0. The van der Waals surface area contributed by atoms with E-state index in [0.717, 1.165) is 16.7 Å². The Kier molecular flexibility index (Phi) is 10.3. The van der Waals surface area contributed by atoms with E-state index < -0.39 is 27.6 Å². The van der Waals surface area contributed by atoms with Gasteiger partial charge < -0.3 is 23.8 Å². The SMILES string of the molecule is CCOC(=O)[C@]1(c2ccccc2)N=C(c2ccc(OC)cc2)N(Cc2ccccc2)[C@@H]1c1ccc(NS(=O)(=O)c2ccc(OC)cc2OC)cc1. The number of methoxy groups -OCH3 is 3. The van der Waals surface area contributed by atoms with Gasteiger partial charge in [0.25, 0.3) is 10.0 Å². The van der Waals surface area contributed by atoms with Crippen LogP contribution in [-0.2, 0) is 31.6 Å². The lowest BCUT2D eigenvalue weighted by molar-refractivity contribution is -0.151. The molecular weight excluding hydrogens is 667 g/mol. The van der Waals surface area contributed by atoms with Gasteiger partial charge >= 0.3 is 5.97 Å². The first-order valence-electron chi connectivity index (χ1n) is 16.4. The number of esters is 1. The van der Waals surface area contributed by atoms with Crippen LogP contribution in [0.5, 0.6) is 17.2 Å². The predicted molar refractivity (Wildman–Crippen MR) is 196 cm³/mol. The Bertz CT molecular complexity index is 2110. The number of carbonyl (C=O) groups is 1. The Morgan fingerprint density at radius 3 is 2.02 bits per heavy atom. The van der Waals surface area contributed by atoms with Crippen LogP contribution in [0.2, 0.25) is 0 Å². The number of anilines is 1. The van der Waals surface area contributed by atoms with Gasteiger partial charge in [-0.2, -0.15) is 0 Å². The van der Waals surface area contributed by atoms with Crippen LogP contribution in [-0.4, -0.2) is 53.1 Å². The third-order valence-electron chi connectivity index (χ3n) is 8.75. The number of ether oxygens (including phenoxy) is 4. The molecule has 0 saturated carbocycles. The lowest BCUT2D eigenvalue weighted by Gasteiger charge is -2.37. The van der Waals surface area contributed by atoms with E-state index >= 15 is 0 Å². The van der Waals surface area contributed by atoms with Gasteiger partial charge in [0, 0.05) is 23.9 Å². The molecule has 10 nitrogen and oxygen atoms in total. The van der Waals surface area contributed by atoms with Crippen LogP contribution in [0.1, 0.15) is 35.2 Å². The lowest BCUT2D eigenvalue weighted by Crippen LogP contribution is -2.44. The maximum Gasteiger partial charge on any atom is 0.341 e. The van der Waals surface area contributed by atoms with Gasteiger partial charge in [-0.1, -0.05) is 72.8 Å². The molecule has 262 valence electrons. The lowest BCUT2D eigenvalue weighted by atomic mass is 9.79. The monoisotopic (exact) mass is 705 g/mol. The number of hydrogen-bond donors (Lipinski definition) is 1. The molecule has 0 fully saturated rings. The first-order chi connectivity index (χ1) is 24.7. The third-order valence-corrected chi connectivity index (χ3v) is 10.2. The Morgan fingerprint density at radius 1 is 0.784 bits per heavy atom. The molecule has 0 aliphatic carbocycles. The topological polar surface area (TPSA) is 116 Å². The van der Waals surface area contributed by atoms with E-state index in [9.17, 15) is 13.2 Å². The van der Waals surface area contributed by atoms with Gasteiger partial charge in [-0.3, -0.25) is 4.72 Å². The van der Waals surface area contributed by atoms with Crippen LogP contribution >= 0.6 is 0 Å². The fourth-order valence-electron chi connectivity index (χ4n) is 6.35. The number of benzene rings is 5. The number of aliphatic imine (C=N–C) groups is 1. The van der Waals surface area contributed by atoms with Crippen molar-refractivity contribution in [2.24, 2.45) is 4.99 Å². The smallest absolute Gasteiger partial charge is 0.341 e. The molecule has 5 aromatic rings. The second-order valence-corrected chi connectivity index (χ2v) is 13.4. The zero-order valence-corrected chi connectivity index (χ0v) is 29.6.